The Bertz CT molecular complexity index is 651. The minimum atomic E-state index is -0.585. The van der Waals surface area contributed by atoms with Crippen LogP contribution in [0.3, 0.4) is 0 Å². The zero-order chi connectivity index (χ0) is 15.1. The van der Waals surface area contributed by atoms with Crippen LogP contribution in [0, 0.1) is 0 Å². The lowest BCUT2D eigenvalue weighted by atomic mass is 10.2. The Morgan fingerprint density at radius 3 is 2.55 bits per heavy atom. The molecule has 0 radical (unpaired) electrons. The molecular formula is C15H20N2O3. The van der Waals surface area contributed by atoms with E-state index >= 15 is 0 Å². The van der Waals surface area contributed by atoms with Gasteiger partial charge in [-0.15, -0.1) is 0 Å². The average molecular weight is 276 g/mol. The first-order valence-corrected chi connectivity index (χ1v) is 6.64. The van der Waals surface area contributed by atoms with E-state index < -0.39 is 11.7 Å². The molecule has 0 amide bonds. The van der Waals surface area contributed by atoms with Crippen molar-refractivity contribution in [3.8, 4) is 5.75 Å². The number of hydrogen-bond donors (Lipinski definition) is 1. The molecule has 5 nitrogen and oxygen atoms in total. The average Bonchev–Trinajstić information content (AvgIpc) is 2.65. The number of hydrogen-bond acceptors (Lipinski definition) is 4. The maximum absolute atomic E-state index is 12.4. The number of phenols is 1. The first-order chi connectivity index (χ1) is 9.19. The van der Waals surface area contributed by atoms with Crippen molar-refractivity contribution in [2.75, 3.05) is 0 Å². The zero-order valence-corrected chi connectivity index (χ0v) is 12.5. The maximum atomic E-state index is 12.4. The van der Waals surface area contributed by atoms with Crippen molar-refractivity contribution in [1.82, 2.24) is 9.55 Å². The number of aromatic hydroxyl groups is 1. The second-order valence-electron chi connectivity index (χ2n) is 6.11. The molecule has 0 spiro atoms. The van der Waals surface area contributed by atoms with Gasteiger partial charge in [0.25, 0.3) is 0 Å². The molecule has 0 unspecified atom stereocenters. The minimum Gasteiger partial charge on any atom is -0.508 e. The predicted molar refractivity (Wildman–Crippen MR) is 77.1 cm³/mol. The summed E-state index contributed by atoms with van der Waals surface area (Å²) in [5.74, 6) is 0.787. The van der Waals surface area contributed by atoms with Gasteiger partial charge < -0.3 is 9.84 Å². The summed E-state index contributed by atoms with van der Waals surface area (Å²) >= 11 is 0. The highest BCUT2D eigenvalue weighted by Gasteiger charge is 2.24. The van der Waals surface area contributed by atoms with Gasteiger partial charge >= 0.3 is 6.09 Å². The highest BCUT2D eigenvalue weighted by atomic mass is 16.6. The Labute approximate surface area is 118 Å². The Morgan fingerprint density at radius 2 is 2.00 bits per heavy atom. The van der Waals surface area contributed by atoms with Gasteiger partial charge in [-0.1, -0.05) is 13.8 Å². The summed E-state index contributed by atoms with van der Waals surface area (Å²) < 4.78 is 6.86. The molecule has 108 valence electrons. The Morgan fingerprint density at radius 1 is 1.35 bits per heavy atom. The molecule has 1 aromatic heterocycles. The lowest BCUT2D eigenvalue weighted by molar-refractivity contribution is 0.0537. The van der Waals surface area contributed by atoms with Gasteiger partial charge in [-0.3, -0.25) is 0 Å². The lowest BCUT2D eigenvalue weighted by Gasteiger charge is -2.21. The predicted octanol–water partition coefficient (Wildman–Crippen LogP) is 3.65. The zero-order valence-electron chi connectivity index (χ0n) is 12.5. The van der Waals surface area contributed by atoms with Crippen molar-refractivity contribution < 1.29 is 14.6 Å². The summed E-state index contributed by atoms with van der Waals surface area (Å²) in [6.45, 7) is 9.37. The smallest absolute Gasteiger partial charge is 0.420 e. The third kappa shape index (κ3) is 2.76. The third-order valence-electron chi connectivity index (χ3n) is 2.76. The summed E-state index contributed by atoms with van der Waals surface area (Å²) in [6.07, 6.45) is -0.478. The van der Waals surface area contributed by atoms with Crippen molar-refractivity contribution in [3.63, 3.8) is 0 Å². The Kier molecular flexibility index (Phi) is 3.46. The van der Waals surface area contributed by atoms with E-state index in [4.69, 9.17) is 4.74 Å². The third-order valence-corrected chi connectivity index (χ3v) is 2.76. The van der Waals surface area contributed by atoms with Crippen molar-refractivity contribution in [1.29, 1.82) is 0 Å². The molecule has 0 fully saturated rings. The van der Waals surface area contributed by atoms with Gasteiger partial charge in [0.2, 0.25) is 0 Å². The van der Waals surface area contributed by atoms with Gasteiger partial charge in [0.15, 0.2) is 0 Å². The van der Waals surface area contributed by atoms with Crippen LogP contribution in [0.1, 0.15) is 46.4 Å². The molecule has 20 heavy (non-hydrogen) atoms. The number of ether oxygens (including phenoxy) is 1. The molecule has 0 bridgehead atoms. The molecule has 0 aliphatic carbocycles. The van der Waals surface area contributed by atoms with Gasteiger partial charge in [-0.25, -0.2) is 14.3 Å². The van der Waals surface area contributed by atoms with Crippen LogP contribution in [0.4, 0.5) is 4.79 Å². The lowest BCUT2D eigenvalue weighted by Crippen LogP contribution is -2.28. The normalized spacial score (nSPS) is 12.1. The molecule has 2 aromatic rings. The van der Waals surface area contributed by atoms with E-state index in [2.05, 4.69) is 4.98 Å². The van der Waals surface area contributed by atoms with Crippen LogP contribution in [-0.4, -0.2) is 26.4 Å². The molecule has 2 rings (SSSR count). The van der Waals surface area contributed by atoms with Gasteiger partial charge in [0.1, 0.15) is 17.2 Å². The fraction of sp³-hybridized carbons (Fsp3) is 0.467. The summed E-state index contributed by atoms with van der Waals surface area (Å²) in [7, 11) is 0. The number of aromatic nitrogens is 2. The molecule has 1 heterocycles. The van der Waals surface area contributed by atoms with E-state index in [0.29, 0.717) is 16.9 Å². The van der Waals surface area contributed by atoms with Crippen LogP contribution >= 0.6 is 0 Å². The fourth-order valence-electron chi connectivity index (χ4n) is 1.97. The molecule has 0 aliphatic heterocycles. The molecule has 5 heteroatoms. The van der Waals surface area contributed by atoms with Crippen LogP contribution in [0.2, 0.25) is 0 Å². The molecule has 0 saturated heterocycles. The number of imidazole rings is 1. The summed E-state index contributed by atoms with van der Waals surface area (Å²) in [6, 6.07) is 4.77. The monoisotopic (exact) mass is 276 g/mol. The second kappa shape index (κ2) is 4.81. The van der Waals surface area contributed by atoms with Crippen LogP contribution in [-0.2, 0) is 4.74 Å². The van der Waals surface area contributed by atoms with Gasteiger partial charge in [-0.2, -0.15) is 0 Å². The topological polar surface area (TPSA) is 64.4 Å². The fourth-order valence-corrected chi connectivity index (χ4v) is 1.97. The van der Waals surface area contributed by atoms with Crippen molar-refractivity contribution in [3.05, 3.63) is 24.0 Å². The minimum absolute atomic E-state index is 0.0667. The van der Waals surface area contributed by atoms with Crippen molar-refractivity contribution in [2.45, 2.75) is 46.1 Å². The van der Waals surface area contributed by atoms with Gasteiger partial charge in [0, 0.05) is 12.0 Å². The van der Waals surface area contributed by atoms with E-state index in [9.17, 15) is 9.90 Å². The highest BCUT2D eigenvalue weighted by molar-refractivity contribution is 5.88. The Balaban J connectivity index is 2.62. The van der Waals surface area contributed by atoms with E-state index in [1.807, 2.05) is 34.6 Å². The van der Waals surface area contributed by atoms with E-state index in [1.165, 1.54) is 10.6 Å². The van der Waals surface area contributed by atoms with Crippen molar-refractivity contribution in [2.24, 2.45) is 0 Å². The molecule has 0 aliphatic rings. The first kappa shape index (κ1) is 14.4. The van der Waals surface area contributed by atoms with Crippen molar-refractivity contribution >= 4 is 17.1 Å². The molecule has 1 N–H and O–H groups in total. The van der Waals surface area contributed by atoms with Crippen LogP contribution in [0.15, 0.2) is 18.2 Å². The van der Waals surface area contributed by atoms with E-state index in [1.54, 1.807) is 12.1 Å². The van der Waals surface area contributed by atoms with E-state index in [-0.39, 0.29) is 11.7 Å². The van der Waals surface area contributed by atoms with Gasteiger partial charge in [0.05, 0.1) is 11.0 Å². The highest BCUT2D eigenvalue weighted by Crippen LogP contribution is 2.26. The number of carbonyl (C=O) groups is 1. The number of rotatable bonds is 1. The van der Waals surface area contributed by atoms with E-state index in [0.717, 1.165) is 0 Å². The Hall–Kier alpha value is -2.04. The molecule has 1 aromatic carbocycles. The van der Waals surface area contributed by atoms with Crippen LogP contribution in [0.5, 0.6) is 5.75 Å². The molecular weight excluding hydrogens is 256 g/mol. The number of nitrogens with zero attached hydrogens (tertiary/aromatic N) is 2. The quantitative estimate of drug-likeness (QED) is 0.863. The van der Waals surface area contributed by atoms with Crippen LogP contribution < -0.4 is 0 Å². The maximum Gasteiger partial charge on any atom is 0.420 e. The summed E-state index contributed by atoms with van der Waals surface area (Å²) in [4.78, 5) is 16.8. The molecule has 0 atom stereocenters. The number of fused-ring (bicyclic) bond motifs is 1. The number of benzene rings is 1. The SMILES string of the molecule is CC(C)c1nc2ccc(O)cc2n1C(=O)OC(C)(C)C. The molecule has 0 saturated carbocycles. The summed E-state index contributed by atoms with van der Waals surface area (Å²) in [5.41, 5.74) is 0.638. The van der Waals surface area contributed by atoms with Gasteiger partial charge in [-0.05, 0) is 32.9 Å². The number of carbonyl (C=O) groups excluding carboxylic acids is 1. The summed E-state index contributed by atoms with van der Waals surface area (Å²) in [5, 5.41) is 9.62. The largest absolute Gasteiger partial charge is 0.508 e. The second-order valence-corrected chi connectivity index (χ2v) is 6.11. The first-order valence-electron chi connectivity index (χ1n) is 6.64. The standard InChI is InChI=1S/C15H20N2O3/c1-9(2)13-16-11-7-6-10(18)8-12(11)17(13)14(19)20-15(3,4)5/h6-9,18H,1-5H3. The number of phenolic OH excluding ortho intramolecular Hbond substituents is 1. The van der Waals surface area contributed by atoms with Crippen LogP contribution in [0.25, 0.3) is 11.0 Å².